The smallest absolute Gasteiger partial charge is 0.0604 e. The molecule has 0 amide bonds. The fraction of sp³-hybridized carbons (Fsp3) is 0.273. The second kappa shape index (κ2) is 6.97. The van der Waals surface area contributed by atoms with Gasteiger partial charge in [0.2, 0.25) is 0 Å². The van der Waals surface area contributed by atoms with Crippen LogP contribution in [0.15, 0.2) is 48.9 Å². The lowest BCUT2D eigenvalue weighted by Gasteiger charge is -2.07. The summed E-state index contributed by atoms with van der Waals surface area (Å²) in [4.78, 5) is 0. The van der Waals surface area contributed by atoms with E-state index in [1.54, 1.807) is 7.05 Å². The van der Waals surface area contributed by atoms with Gasteiger partial charge in [0.15, 0.2) is 0 Å². The standard InChI is InChI=1S/C11H18N2O/c1-9(5-6-10(2)12-4)11(3)13-7-8-14/h5-6,12-14H,1-3,7-8H2,4H3/b6-5-. The van der Waals surface area contributed by atoms with Gasteiger partial charge in [0.1, 0.15) is 0 Å². The molecule has 0 bridgehead atoms. The highest BCUT2D eigenvalue weighted by Gasteiger charge is 1.94. The first-order valence-corrected chi connectivity index (χ1v) is 4.39. The van der Waals surface area contributed by atoms with E-state index in [1.165, 1.54) is 0 Å². The molecule has 0 aliphatic rings. The summed E-state index contributed by atoms with van der Waals surface area (Å²) in [5.74, 6) is 0. The van der Waals surface area contributed by atoms with Gasteiger partial charge in [-0.3, -0.25) is 0 Å². The Labute approximate surface area is 85.5 Å². The molecule has 0 aliphatic carbocycles. The molecule has 3 N–H and O–H groups in total. The molecule has 0 saturated carbocycles. The third kappa shape index (κ3) is 5.22. The van der Waals surface area contributed by atoms with Crippen molar-refractivity contribution in [1.29, 1.82) is 0 Å². The van der Waals surface area contributed by atoms with Crippen LogP contribution in [0.1, 0.15) is 0 Å². The van der Waals surface area contributed by atoms with Gasteiger partial charge in [-0.05, 0) is 11.6 Å². The van der Waals surface area contributed by atoms with Gasteiger partial charge in [0, 0.05) is 25.0 Å². The molecule has 14 heavy (non-hydrogen) atoms. The highest BCUT2D eigenvalue weighted by atomic mass is 16.3. The van der Waals surface area contributed by atoms with E-state index in [0.717, 1.165) is 11.3 Å². The molecule has 0 radical (unpaired) electrons. The van der Waals surface area contributed by atoms with E-state index in [4.69, 9.17) is 5.11 Å². The van der Waals surface area contributed by atoms with E-state index in [1.807, 2.05) is 12.2 Å². The second-order valence-electron chi connectivity index (χ2n) is 2.76. The monoisotopic (exact) mass is 194 g/mol. The Morgan fingerprint density at radius 3 is 2.43 bits per heavy atom. The predicted molar refractivity (Wildman–Crippen MR) is 60.7 cm³/mol. The Morgan fingerprint density at radius 2 is 1.93 bits per heavy atom. The minimum Gasteiger partial charge on any atom is -0.395 e. The van der Waals surface area contributed by atoms with Crippen molar-refractivity contribution < 1.29 is 5.11 Å². The summed E-state index contributed by atoms with van der Waals surface area (Å²) in [6.07, 6.45) is 3.62. The largest absolute Gasteiger partial charge is 0.395 e. The SMILES string of the molecule is C=C(/C=C\C(=C)C(=C)NCCO)NC. The zero-order valence-electron chi connectivity index (χ0n) is 8.64. The molecule has 0 atom stereocenters. The lowest BCUT2D eigenvalue weighted by molar-refractivity contribution is 0.297. The van der Waals surface area contributed by atoms with Gasteiger partial charge in [-0.25, -0.2) is 0 Å². The van der Waals surface area contributed by atoms with Crippen LogP contribution < -0.4 is 10.6 Å². The van der Waals surface area contributed by atoms with Crippen molar-refractivity contribution in [1.82, 2.24) is 10.6 Å². The van der Waals surface area contributed by atoms with Crippen molar-refractivity contribution in [2.45, 2.75) is 0 Å². The maximum absolute atomic E-state index is 8.58. The molecule has 0 rings (SSSR count). The van der Waals surface area contributed by atoms with E-state index < -0.39 is 0 Å². The highest BCUT2D eigenvalue weighted by molar-refractivity contribution is 5.36. The zero-order chi connectivity index (χ0) is 11.0. The van der Waals surface area contributed by atoms with Crippen LogP contribution in [0.25, 0.3) is 0 Å². The first-order chi connectivity index (χ1) is 6.61. The van der Waals surface area contributed by atoms with Crippen LogP contribution in [-0.2, 0) is 0 Å². The first-order valence-electron chi connectivity index (χ1n) is 4.39. The Kier molecular flexibility index (Phi) is 6.24. The van der Waals surface area contributed by atoms with Crippen molar-refractivity contribution >= 4 is 0 Å². The minimum atomic E-state index is 0.0826. The molecule has 0 unspecified atom stereocenters. The van der Waals surface area contributed by atoms with Crippen LogP contribution >= 0.6 is 0 Å². The summed E-state index contributed by atoms with van der Waals surface area (Å²) in [6.45, 7) is 11.9. The van der Waals surface area contributed by atoms with Gasteiger partial charge in [-0.15, -0.1) is 0 Å². The zero-order valence-corrected chi connectivity index (χ0v) is 8.64. The molecular formula is C11H18N2O. The fourth-order valence-electron chi connectivity index (χ4n) is 0.705. The van der Waals surface area contributed by atoms with E-state index in [0.29, 0.717) is 12.2 Å². The van der Waals surface area contributed by atoms with Crippen LogP contribution in [0.5, 0.6) is 0 Å². The number of hydrogen-bond donors (Lipinski definition) is 3. The van der Waals surface area contributed by atoms with Crippen LogP contribution in [0.2, 0.25) is 0 Å². The summed E-state index contributed by atoms with van der Waals surface area (Å²) < 4.78 is 0. The molecule has 0 heterocycles. The van der Waals surface area contributed by atoms with Gasteiger partial charge in [-0.2, -0.15) is 0 Å². The number of aliphatic hydroxyl groups excluding tert-OH is 1. The van der Waals surface area contributed by atoms with Crippen molar-refractivity contribution in [3.8, 4) is 0 Å². The van der Waals surface area contributed by atoms with Crippen LogP contribution in [-0.4, -0.2) is 25.3 Å². The molecule has 0 aromatic heterocycles. The van der Waals surface area contributed by atoms with Crippen LogP contribution in [0.4, 0.5) is 0 Å². The van der Waals surface area contributed by atoms with E-state index >= 15 is 0 Å². The Morgan fingerprint density at radius 1 is 1.29 bits per heavy atom. The third-order valence-electron chi connectivity index (χ3n) is 1.64. The van der Waals surface area contributed by atoms with Crippen LogP contribution in [0.3, 0.4) is 0 Å². The van der Waals surface area contributed by atoms with E-state index in [-0.39, 0.29) is 6.61 Å². The second-order valence-corrected chi connectivity index (χ2v) is 2.76. The molecule has 0 aliphatic heterocycles. The minimum absolute atomic E-state index is 0.0826. The predicted octanol–water partition coefficient (Wildman–Crippen LogP) is 0.927. The van der Waals surface area contributed by atoms with Crippen molar-refractivity contribution in [2.24, 2.45) is 0 Å². The average Bonchev–Trinajstić information content (AvgIpc) is 2.21. The number of nitrogens with one attached hydrogen (secondary N) is 2. The molecular weight excluding hydrogens is 176 g/mol. The molecule has 0 aromatic carbocycles. The van der Waals surface area contributed by atoms with Crippen molar-refractivity contribution in [2.75, 3.05) is 20.2 Å². The van der Waals surface area contributed by atoms with Gasteiger partial charge in [0.05, 0.1) is 6.61 Å². The topological polar surface area (TPSA) is 44.3 Å². The number of hydrogen-bond acceptors (Lipinski definition) is 3. The maximum Gasteiger partial charge on any atom is 0.0604 e. The third-order valence-corrected chi connectivity index (χ3v) is 1.64. The fourth-order valence-corrected chi connectivity index (χ4v) is 0.705. The van der Waals surface area contributed by atoms with Crippen molar-refractivity contribution in [3.05, 3.63) is 48.9 Å². The Balaban J connectivity index is 4.01. The molecule has 0 aromatic rings. The lowest BCUT2D eigenvalue weighted by Crippen LogP contribution is -2.17. The van der Waals surface area contributed by atoms with Crippen molar-refractivity contribution in [3.63, 3.8) is 0 Å². The quantitative estimate of drug-likeness (QED) is 0.528. The molecule has 0 fully saturated rings. The van der Waals surface area contributed by atoms with Gasteiger partial charge < -0.3 is 15.7 Å². The average molecular weight is 194 g/mol. The van der Waals surface area contributed by atoms with Gasteiger partial charge in [0.25, 0.3) is 0 Å². The Hall–Kier alpha value is -1.48. The summed E-state index contributed by atoms with van der Waals surface area (Å²) in [5, 5.41) is 14.4. The maximum atomic E-state index is 8.58. The molecule has 78 valence electrons. The Bertz CT molecular complexity index is 254. The molecule has 3 nitrogen and oxygen atoms in total. The normalized spacial score (nSPS) is 9.86. The first kappa shape index (κ1) is 12.5. The number of likely N-dealkylation sites (N-methyl/N-ethyl adjacent to an activating group) is 1. The summed E-state index contributed by atoms with van der Waals surface area (Å²) in [6, 6.07) is 0. The number of rotatable bonds is 7. The summed E-state index contributed by atoms with van der Waals surface area (Å²) in [7, 11) is 1.80. The molecule has 0 spiro atoms. The van der Waals surface area contributed by atoms with Gasteiger partial charge >= 0.3 is 0 Å². The van der Waals surface area contributed by atoms with E-state index in [2.05, 4.69) is 30.4 Å². The van der Waals surface area contributed by atoms with E-state index in [9.17, 15) is 0 Å². The summed E-state index contributed by atoms with van der Waals surface area (Å²) in [5.41, 5.74) is 2.29. The highest BCUT2D eigenvalue weighted by Crippen LogP contribution is 2.03. The number of aliphatic hydroxyl groups is 1. The number of allylic oxidation sites excluding steroid dienone is 2. The summed E-state index contributed by atoms with van der Waals surface area (Å²) >= 11 is 0. The lowest BCUT2D eigenvalue weighted by atomic mass is 10.2. The van der Waals surface area contributed by atoms with Gasteiger partial charge in [-0.1, -0.05) is 25.8 Å². The molecule has 3 heteroatoms. The molecule has 0 saturated heterocycles. The van der Waals surface area contributed by atoms with Crippen LogP contribution in [0, 0.1) is 0 Å².